The van der Waals surface area contributed by atoms with Gasteiger partial charge < -0.3 is 9.47 Å². The molecule has 0 unspecified atom stereocenters. The number of aryl methyl sites for hydroxylation is 2. The lowest BCUT2D eigenvalue weighted by molar-refractivity contribution is 0.217. The van der Waals surface area contributed by atoms with E-state index in [1.807, 2.05) is 60.7 Å². The number of aromatic nitrogens is 2. The van der Waals surface area contributed by atoms with Crippen LogP contribution in [-0.4, -0.2) is 22.6 Å². The Bertz CT molecular complexity index is 1550. The van der Waals surface area contributed by atoms with Crippen LogP contribution >= 0.6 is 11.3 Å². The highest BCUT2D eigenvalue weighted by Crippen LogP contribution is 2.19. The minimum atomic E-state index is -0.0481. The number of hydrogen-bond donors (Lipinski definition) is 0. The van der Waals surface area contributed by atoms with Crippen molar-refractivity contribution in [3.05, 3.63) is 98.3 Å². The van der Waals surface area contributed by atoms with Crippen molar-refractivity contribution in [2.24, 2.45) is 0 Å². The summed E-state index contributed by atoms with van der Waals surface area (Å²) in [5, 5.41) is 0. The highest BCUT2D eigenvalue weighted by atomic mass is 32.1. The molecule has 0 aliphatic rings. The highest BCUT2D eigenvalue weighted by Gasteiger charge is 2.10. The van der Waals surface area contributed by atoms with Gasteiger partial charge in [-0.2, -0.15) is 0 Å². The number of benzene rings is 3. The van der Waals surface area contributed by atoms with Crippen LogP contribution in [0.25, 0.3) is 22.1 Å². The van der Waals surface area contributed by atoms with Crippen LogP contribution < -0.4 is 19.6 Å². The van der Waals surface area contributed by atoms with Gasteiger partial charge in [0.15, 0.2) is 4.96 Å². The third kappa shape index (κ3) is 4.47. The SMILES string of the molecule is CCc1cc(C)cc(OCCOc2cccc(C=c3sc4nc5ccccc5n4c3=O)c2)c1. The summed E-state index contributed by atoms with van der Waals surface area (Å²) in [5.41, 5.74) is 4.99. The Balaban J connectivity index is 1.30. The lowest BCUT2D eigenvalue weighted by Crippen LogP contribution is -2.22. The molecule has 0 bridgehead atoms. The minimum Gasteiger partial charge on any atom is -0.490 e. The van der Waals surface area contributed by atoms with Gasteiger partial charge in [-0.1, -0.05) is 48.6 Å². The van der Waals surface area contributed by atoms with Crippen molar-refractivity contribution in [3.8, 4) is 11.5 Å². The van der Waals surface area contributed by atoms with Gasteiger partial charge in [-0.15, -0.1) is 0 Å². The van der Waals surface area contributed by atoms with Gasteiger partial charge >= 0.3 is 0 Å². The molecule has 0 saturated heterocycles. The summed E-state index contributed by atoms with van der Waals surface area (Å²) < 4.78 is 14.1. The van der Waals surface area contributed by atoms with Crippen LogP contribution in [0.3, 0.4) is 0 Å². The summed E-state index contributed by atoms with van der Waals surface area (Å²) in [6.45, 7) is 5.11. The van der Waals surface area contributed by atoms with Crippen LogP contribution in [-0.2, 0) is 6.42 Å². The van der Waals surface area contributed by atoms with Crippen molar-refractivity contribution in [1.29, 1.82) is 0 Å². The van der Waals surface area contributed by atoms with Crippen molar-refractivity contribution >= 4 is 33.4 Å². The molecular formula is C27H24N2O3S. The molecular weight excluding hydrogens is 432 g/mol. The normalized spacial score (nSPS) is 12.0. The van der Waals surface area contributed by atoms with Crippen molar-refractivity contribution in [2.45, 2.75) is 20.3 Å². The van der Waals surface area contributed by atoms with Crippen molar-refractivity contribution in [1.82, 2.24) is 9.38 Å². The maximum atomic E-state index is 13.0. The molecule has 3 aromatic carbocycles. The third-order valence-electron chi connectivity index (χ3n) is 5.44. The third-order valence-corrected chi connectivity index (χ3v) is 6.41. The van der Waals surface area contributed by atoms with Gasteiger partial charge in [0.1, 0.15) is 24.7 Å². The number of nitrogens with zero attached hydrogens (tertiary/aromatic N) is 2. The topological polar surface area (TPSA) is 52.8 Å². The van der Waals surface area contributed by atoms with E-state index in [0.717, 1.165) is 34.5 Å². The van der Waals surface area contributed by atoms with Gasteiger partial charge in [-0.3, -0.25) is 4.79 Å². The molecule has 5 aromatic rings. The smallest absolute Gasteiger partial charge is 0.274 e. The zero-order valence-electron chi connectivity index (χ0n) is 18.6. The molecule has 166 valence electrons. The summed E-state index contributed by atoms with van der Waals surface area (Å²) in [6.07, 6.45) is 2.87. The van der Waals surface area contributed by atoms with Gasteiger partial charge in [0.25, 0.3) is 5.56 Å². The van der Waals surface area contributed by atoms with Crippen molar-refractivity contribution < 1.29 is 9.47 Å². The summed E-state index contributed by atoms with van der Waals surface area (Å²) in [6, 6.07) is 21.7. The number of imidazole rings is 1. The monoisotopic (exact) mass is 456 g/mol. The predicted molar refractivity (Wildman–Crippen MR) is 134 cm³/mol. The minimum absolute atomic E-state index is 0.0481. The molecule has 0 amide bonds. The summed E-state index contributed by atoms with van der Waals surface area (Å²) >= 11 is 1.40. The molecule has 33 heavy (non-hydrogen) atoms. The largest absolute Gasteiger partial charge is 0.490 e. The fraction of sp³-hybridized carbons (Fsp3) is 0.185. The van der Waals surface area contributed by atoms with E-state index >= 15 is 0 Å². The Labute approximate surface area is 195 Å². The first-order valence-electron chi connectivity index (χ1n) is 11.0. The van der Waals surface area contributed by atoms with E-state index in [1.54, 1.807) is 4.40 Å². The second kappa shape index (κ2) is 9.08. The van der Waals surface area contributed by atoms with Gasteiger partial charge in [-0.05, 0) is 72.5 Å². The average Bonchev–Trinajstić information content (AvgIpc) is 3.32. The van der Waals surface area contributed by atoms with Gasteiger partial charge in [0.2, 0.25) is 0 Å². The quantitative estimate of drug-likeness (QED) is 0.331. The number of hydrogen-bond acceptors (Lipinski definition) is 5. The lowest BCUT2D eigenvalue weighted by Gasteiger charge is -2.10. The summed E-state index contributed by atoms with van der Waals surface area (Å²) in [7, 11) is 0. The zero-order valence-corrected chi connectivity index (χ0v) is 19.4. The van der Waals surface area contributed by atoms with Crippen LogP contribution in [0.2, 0.25) is 0 Å². The molecule has 5 nitrogen and oxygen atoms in total. The number of rotatable bonds is 7. The summed E-state index contributed by atoms with van der Waals surface area (Å²) in [4.78, 5) is 18.2. The molecule has 5 rings (SSSR count). The van der Waals surface area contributed by atoms with E-state index in [4.69, 9.17) is 9.47 Å². The molecule has 0 fully saturated rings. The molecule has 0 saturated carbocycles. The van der Waals surface area contributed by atoms with Crippen LogP contribution in [0.1, 0.15) is 23.6 Å². The Hall–Kier alpha value is -3.64. The first-order valence-corrected chi connectivity index (χ1v) is 11.8. The maximum absolute atomic E-state index is 13.0. The number of fused-ring (bicyclic) bond motifs is 3. The van der Waals surface area contributed by atoms with Crippen LogP contribution in [0, 0.1) is 6.92 Å². The number of ether oxygens (including phenoxy) is 2. The number of para-hydroxylation sites is 2. The van der Waals surface area contributed by atoms with E-state index < -0.39 is 0 Å². The van der Waals surface area contributed by atoms with E-state index in [-0.39, 0.29) is 5.56 Å². The van der Waals surface area contributed by atoms with Crippen LogP contribution in [0.4, 0.5) is 0 Å². The predicted octanol–water partition coefficient (Wildman–Crippen LogP) is 4.79. The molecule has 0 N–H and O–H groups in total. The van der Waals surface area contributed by atoms with Gasteiger partial charge in [0, 0.05) is 0 Å². The van der Waals surface area contributed by atoms with Gasteiger partial charge in [0.05, 0.1) is 15.6 Å². The molecule has 0 atom stereocenters. The van der Waals surface area contributed by atoms with Gasteiger partial charge in [-0.25, -0.2) is 9.38 Å². The standard InChI is InChI=1S/C27H24N2O3S/c1-3-19-13-18(2)14-22(15-19)32-12-11-31-21-8-6-7-20(16-21)17-25-26(30)29-24-10-5-4-9-23(24)28-27(29)33-25/h4-10,13-17H,3,11-12H2,1-2H3. The Morgan fingerprint density at radius 2 is 1.79 bits per heavy atom. The molecule has 0 radical (unpaired) electrons. The highest BCUT2D eigenvalue weighted by molar-refractivity contribution is 7.15. The number of thiazole rings is 1. The second-order valence-corrected chi connectivity index (χ2v) is 8.92. The molecule has 0 aliphatic heterocycles. The summed E-state index contributed by atoms with van der Waals surface area (Å²) in [5.74, 6) is 1.61. The van der Waals surface area contributed by atoms with E-state index in [0.29, 0.717) is 22.7 Å². The maximum Gasteiger partial charge on any atom is 0.274 e. The molecule has 0 aliphatic carbocycles. The van der Waals surface area contributed by atoms with Crippen molar-refractivity contribution in [3.63, 3.8) is 0 Å². The van der Waals surface area contributed by atoms with E-state index in [9.17, 15) is 4.79 Å². The average molecular weight is 457 g/mol. The first-order chi connectivity index (χ1) is 16.1. The molecule has 2 aromatic heterocycles. The fourth-order valence-corrected chi connectivity index (χ4v) is 4.88. The van der Waals surface area contributed by atoms with E-state index in [2.05, 4.69) is 31.0 Å². The Morgan fingerprint density at radius 3 is 2.64 bits per heavy atom. The van der Waals surface area contributed by atoms with Crippen molar-refractivity contribution in [2.75, 3.05) is 13.2 Å². The lowest BCUT2D eigenvalue weighted by atomic mass is 10.1. The molecule has 2 heterocycles. The fourth-order valence-electron chi connectivity index (χ4n) is 3.89. The molecule has 6 heteroatoms. The molecule has 0 spiro atoms. The second-order valence-electron chi connectivity index (χ2n) is 7.91. The zero-order chi connectivity index (χ0) is 22.8. The van der Waals surface area contributed by atoms with Crippen LogP contribution in [0.15, 0.2) is 71.5 Å². The van der Waals surface area contributed by atoms with Crippen LogP contribution in [0.5, 0.6) is 11.5 Å². The first kappa shape index (κ1) is 21.2. The Morgan fingerprint density at radius 1 is 0.970 bits per heavy atom. The Kier molecular flexibility index (Phi) is 5.84. The van der Waals surface area contributed by atoms with E-state index in [1.165, 1.54) is 22.5 Å².